The molecule has 18 heavy (non-hydrogen) atoms. The van der Waals surface area contributed by atoms with Crippen LogP contribution in [0.3, 0.4) is 0 Å². The highest BCUT2D eigenvalue weighted by Gasteiger charge is 2.39. The summed E-state index contributed by atoms with van der Waals surface area (Å²) in [5, 5.41) is 5.55. The van der Waals surface area contributed by atoms with Crippen LogP contribution in [0, 0.1) is 0 Å². The molecule has 5 nitrogen and oxygen atoms in total. The number of thiol groups is 1. The molecule has 1 saturated heterocycles. The SMILES string of the molecule is O=C1CC(N2Cc3ccccc3NC2S)C(=O)N1. The third-order valence-corrected chi connectivity index (χ3v) is 3.74. The molecule has 1 fully saturated rings. The second-order valence-electron chi connectivity index (χ2n) is 4.48. The lowest BCUT2D eigenvalue weighted by molar-refractivity contribution is -0.126. The number of rotatable bonds is 1. The molecule has 2 aliphatic heterocycles. The van der Waals surface area contributed by atoms with Crippen LogP contribution in [0.1, 0.15) is 12.0 Å². The number of nitrogens with zero attached hydrogens (tertiary/aromatic N) is 1. The van der Waals surface area contributed by atoms with E-state index in [4.69, 9.17) is 0 Å². The first-order chi connectivity index (χ1) is 8.65. The van der Waals surface area contributed by atoms with Crippen molar-refractivity contribution in [1.82, 2.24) is 10.2 Å². The predicted molar refractivity (Wildman–Crippen MR) is 69.9 cm³/mol. The molecular formula is C12H13N3O2S. The molecule has 0 radical (unpaired) electrons. The molecule has 2 N–H and O–H groups in total. The zero-order valence-electron chi connectivity index (χ0n) is 9.59. The second kappa shape index (κ2) is 4.29. The van der Waals surface area contributed by atoms with E-state index < -0.39 is 6.04 Å². The van der Waals surface area contributed by atoms with Crippen LogP contribution < -0.4 is 10.6 Å². The van der Waals surface area contributed by atoms with E-state index in [1.807, 2.05) is 29.2 Å². The molecule has 0 bridgehead atoms. The van der Waals surface area contributed by atoms with Gasteiger partial charge in [0.25, 0.3) is 0 Å². The zero-order chi connectivity index (χ0) is 12.7. The molecule has 2 aliphatic rings. The molecule has 0 saturated carbocycles. The molecule has 2 amide bonds. The van der Waals surface area contributed by atoms with Gasteiger partial charge in [-0.15, -0.1) is 12.6 Å². The van der Waals surface area contributed by atoms with Crippen LogP contribution in [0.5, 0.6) is 0 Å². The number of imide groups is 1. The van der Waals surface area contributed by atoms with Crippen molar-refractivity contribution in [2.75, 3.05) is 5.32 Å². The van der Waals surface area contributed by atoms with Crippen LogP contribution in [0.25, 0.3) is 0 Å². The second-order valence-corrected chi connectivity index (χ2v) is 4.97. The minimum absolute atomic E-state index is 0.208. The van der Waals surface area contributed by atoms with Gasteiger partial charge in [0.1, 0.15) is 11.5 Å². The summed E-state index contributed by atoms with van der Waals surface area (Å²) < 4.78 is 0. The minimum atomic E-state index is -0.430. The molecule has 3 rings (SSSR count). The Bertz CT molecular complexity index is 520. The molecule has 0 spiro atoms. The van der Waals surface area contributed by atoms with Crippen molar-refractivity contribution in [3.63, 3.8) is 0 Å². The van der Waals surface area contributed by atoms with Crippen LogP contribution in [-0.2, 0) is 16.1 Å². The Labute approximate surface area is 110 Å². The number of nitrogens with one attached hydrogen (secondary N) is 2. The molecular weight excluding hydrogens is 250 g/mol. The topological polar surface area (TPSA) is 61.4 Å². The van der Waals surface area contributed by atoms with Gasteiger partial charge in [0.2, 0.25) is 11.8 Å². The minimum Gasteiger partial charge on any atom is -0.361 e. The fourth-order valence-corrected chi connectivity index (χ4v) is 2.77. The smallest absolute Gasteiger partial charge is 0.244 e. The van der Waals surface area contributed by atoms with Gasteiger partial charge in [-0.05, 0) is 11.6 Å². The molecule has 2 unspecified atom stereocenters. The number of benzene rings is 1. The maximum absolute atomic E-state index is 11.7. The monoisotopic (exact) mass is 263 g/mol. The van der Waals surface area contributed by atoms with E-state index in [2.05, 4.69) is 23.3 Å². The van der Waals surface area contributed by atoms with Crippen LogP contribution in [0.2, 0.25) is 0 Å². The van der Waals surface area contributed by atoms with Gasteiger partial charge in [0, 0.05) is 12.2 Å². The Balaban J connectivity index is 1.87. The fraction of sp³-hybridized carbons (Fsp3) is 0.333. The van der Waals surface area contributed by atoms with Gasteiger partial charge in [-0.3, -0.25) is 19.8 Å². The summed E-state index contributed by atoms with van der Waals surface area (Å²) in [6, 6.07) is 7.46. The number of carbonyl (C=O) groups excluding carboxylic acids is 2. The van der Waals surface area contributed by atoms with E-state index in [-0.39, 0.29) is 23.7 Å². The number of fused-ring (bicyclic) bond motifs is 1. The normalized spacial score (nSPS) is 27.6. The third-order valence-electron chi connectivity index (χ3n) is 3.31. The number of anilines is 1. The van der Waals surface area contributed by atoms with Gasteiger partial charge in [-0.25, -0.2) is 0 Å². The Hall–Kier alpha value is -1.53. The third kappa shape index (κ3) is 1.87. The summed E-state index contributed by atoms with van der Waals surface area (Å²) in [5.74, 6) is -0.454. The summed E-state index contributed by atoms with van der Waals surface area (Å²) in [5.41, 5.74) is 1.87. The van der Waals surface area contributed by atoms with E-state index >= 15 is 0 Å². The first kappa shape index (κ1) is 11.6. The van der Waals surface area contributed by atoms with E-state index in [1.165, 1.54) is 0 Å². The van der Waals surface area contributed by atoms with Gasteiger partial charge in [-0.1, -0.05) is 18.2 Å². The van der Waals surface area contributed by atoms with Crippen molar-refractivity contribution in [3.05, 3.63) is 29.8 Å². The summed E-state index contributed by atoms with van der Waals surface area (Å²) in [4.78, 5) is 24.9. The van der Waals surface area contributed by atoms with Gasteiger partial charge in [0.05, 0.1) is 6.42 Å². The highest BCUT2D eigenvalue weighted by atomic mass is 32.1. The average Bonchev–Trinajstić information content (AvgIpc) is 2.67. The Kier molecular flexibility index (Phi) is 2.76. The van der Waals surface area contributed by atoms with Crippen LogP contribution >= 0.6 is 12.6 Å². The maximum Gasteiger partial charge on any atom is 0.244 e. The summed E-state index contributed by atoms with van der Waals surface area (Å²) in [6.45, 7) is 0.614. The Morgan fingerprint density at radius 3 is 2.78 bits per heavy atom. The van der Waals surface area contributed by atoms with Crippen molar-refractivity contribution in [2.45, 2.75) is 24.5 Å². The van der Waals surface area contributed by atoms with E-state index in [0.29, 0.717) is 6.54 Å². The molecule has 1 aromatic rings. The molecule has 6 heteroatoms. The van der Waals surface area contributed by atoms with Gasteiger partial charge in [0.15, 0.2) is 0 Å². The van der Waals surface area contributed by atoms with Crippen molar-refractivity contribution in [1.29, 1.82) is 0 Å². The number of hydrogen-bond donors (Lipinski definition) is 3. The summed E-state index contributed by atoms with van der Waals surface area (Å²) >= 11 is 4.45. The summed E-state index contributed by atoms with van der Waals surface area (Å²) in [6.07, 6.45) is 0.208. The Morgan fingerprint density at radius 1 is 1.28 bits per heavy atom. The number of para-hydroxylation sites is 1. The van der Waals surface area contributed by atoms with Gasteiger partial charge in [-0.2, -0.15) is 0 Å². The van der Waals surface area contributed by atoms with E-state index in [1.54, 1.807) is 0 Å². The van der Waals surface area contributed by atoms with E-state index in [9.17, 15) is 9.59 Å². The standard InChI is InChI=1S/C12H13N3O2S/c16-10-5-9(11(17)14-10)15-6-7-3-1-2-4-8(7)13-12(15)18/h1-4,9,12-13,18H,5-6H2,(H,14,16,17). The average molecular weight is 263 g/mol. The van der Waals surface area contributed by atoms with Crippen molar-refractivity contribution in [3.8, 4) is 0 Å². The summed E-state index contributed by atoms with van der Waals surface area (Å²) in [7, 11) is 0. The maximum atomic E-state index is 11.7. The van der Waals surface area contributed by atoms with Crippen LogP contribution in [0.4, 0.5) is 5.69 Å². The molecule has 2 atom stereocenters. The van der Waals surface area contributed by atoms with Gasteiger partial charge < -0.3 is 5.32 Å². The van der Waals surface area contributed by atoms with Crippen molar-refractivity contribution < 1.29 is 9.59 Å². The first-order valence-corrected chi connectivity index (χ1v) is 6.29. The highest BCUT2D eigenvalue weighted by Crippen LogP contribution is 2.29. The lowest BCUT2D eigenvalue weighted by Gasteiger charge is -2.37. The van der Waals surface area contributed by atoms with Crippen molar-refractivity contribution >= 4 is 30.1 Å². The fourth-order valence-electron chi connectivity index (χ4n) is 2.39. The lowest BCUT2D eigenvalue weighted by Crippen LogP contribution is -2.49. The van der Waals surface area contributed by atoms with Gasteiger partial charge >= 0.3 is 0 Å². The van der Waals surface area contributed by atoms with Crippen molar-refractivity contribution in [2.24, 2.45) is 0 Å². The molecule has 0 aliphatic carbocycles. The first-order valence-electron chi connectivity index (χ1n) is 5.77. The lowest BCUT2D eigenvalue weighted by atomic mass is 10.1. The van der Waals surface area contributed by atoms with Crippen LogP contribution in [0.15, 0.2) is 24.3 Å². The van der Waals surface area contributed by atoms with E-state index in [0.717, 1.165) is 11.3 Å². The molecule has 0 aromatic heterocycles. The quantitative estimate of drug-likeness (QED) is 0.511. The highest BCUT2D eigenvalue weighted by molar-refractivity contribution is 7.81. The molecule has 1 aromatic carbocycles. The largest absolute Gasteiger partial charge is 0.361 e. The molecule has 94 valence electrons. The number of carbonyl (C=O) groups is 2. The number of hydrogen-bond acceptors (Lipinski definition) is 5. The predicted octanol–water partition coefficient (Wildman–Crippen LogP) is 0.543. The molecule has 2 heterocycles. The Morgan fingerprint density at radius 2 is 2.06 bits per heavy atom. The number of amides is 2. The van der Waals surface area contributed by atoms with Crippen LogP contribution in [-0.4, -0.2) is 28.3 Å². The zero-order valence-corrected chi connectivity index (χ0v) is 10.5.